The molecule has 92 valence electrons. The minimum absolute atomic E-state index is 0.824. The van der Waals surface area contributed by atoms with Crippen LogP contribution in [-0.4, -0.2) is 19.8 Å². The van der Waals surface area contributed by atoms with Crippen molar-refractivity contribution in [3.63, 3.8) is 0 Å². The molecule has 0 spiro atoms. The summed E-state index contributed by atoms with van der Waals surface area (Å²) < 4.78 is 3.96. The van der Waals surface area contributed by atoms with Gasteiger partial charge in [-0.1, -0.05) is 18.3 Å². The number of aromatic nitrogens is 5. The van der Waals surface area contributed by atoms with Gasteiger partial charge >= 0.3 is 0 Å². The zero-order valence-electron chi connectivity index (χ0n) is 10.4. The highest BCUT2D eigenvalue weighted by Crippen LogP contribution is 2.24. The van der Waals surface area contributed by atoms with Crippen molar-refractivity contribution < 1.29 is 4.57 Å². The predicted molar refractivity (Wildman–Crippen MR) is 69.3 cm³/mol. The van der Waals surface area contributed by atoms with Crippen molar-refractivity contribution in [2.24, 2.45) is 0 Å². The Bertz CT molecular complexity index is 667. The largest absolute Gasteiger partial charge is 0.234 e. The third-order valence-corrected chi connectivity index (χ3v) is 3.71. The highest BCUT2D eigenvalue weighted by molar-refractivity contribution is 7.19. The predicted octanol–water partition coefficient (Wildman–Crippen LogP) is 1.86. The third-order valence-electron chi connectivity index (χ3n) is 2.77. The Kier molecular flexibility index (Phi) is 2.79. The van der Waals surface area contributed by atoms with Gasteiger partial charge in [0, 0.05) is 24.1 Å². The van der Waals surface area contributed by atoms with Gasteiger partial charge in [0.15, 0.2) is 18.2 Å². The fraction of sp³-hybridized carbons (Fsp3) is 0.333. The van der Waals surface area contributed by atoms with E-state index in [4.69, 9.17) is 0 Å². The summed E-state index contributed by atoms with van der Waals surface area (Å²) in [5, 5.41) is 13.6. The zero-order chi connectivity index (χ0) is 12.5. The molecule has 0 aliphatic heterocycles. The highest BCUT2D eigenvalue weighted by Gasteiger charge is 2.11. The van der Waals surface area contributed by atoms with Crippen molar-refractivity contribution in [2.45, 2.75) is 26.8 Å². The van der Waals surface area contributed by atoms with E-state index in [1.807, 2.05) is 6.92 Å². The van der Waals surface area contributed by atoms with Gasteiger partial charge in [0.2, 0.25) is 4.96 Å². The van der Waals surface area contributed by atoms with Crippen LogP contribution in [-0.2, 0) is 6.54 Å². The van der Waals surface area contributed by atoms with Crippen molar-refractivity contribution in [3.8, 4) is 10.6 Å². The summed E-state index contributed by atoms with van der Waals surface area (Å²) in [7, 11) is 0. The van der Waals surface area contributed by atoms with Crippen molar-refractivity contribution >= 4 is 16.3 Å². The van der Waals surface area contributed by atoms with Crippen LogP contribution in [0.2, 0.25) is 0 Å². The fourth-order valence-corrected chi connectivity index (χ4v) is 2.73. The molecule has 0 atom stereocenters. The lowest BCUT2D eigenvalue weighted by atomic mass is 10.3. The van der Waals surface area contributed by atoms with E-state index >= 15 is 0 Å². The van der Waals surface area contributed by atoms with Gasteiger partial charge in [-0.25, -0.2) is 4.57 Å². The second kappa shape index (κ2) is 4.45. The first-order valence-electron chi connectivity index (χ1n) is 5.96. The first-order chi connectivity index (χ1) is 8.78. The van der Waals surface area contributed by atoms with E-state index in [2.05, 4.69) is 51.3 Å². The van der Waals surface area contributed by atoms with Crippen molar-refractivity contribution in [3.05, 3.63) is 30.4 Å². The quantitative estimate of drug-likeness (QED) is 0.675. The Morgan fingerprint density at radius 3 is 2.72 bits per heavy atom. The molecule has 3 heterocycles. The SMILES string of the molecule is CCC[n+]1ccc(-c2nn3c(C)nnc3s2)cc1. The topological polar surface area (TPSA) is 47.0 Å². The average Bonchev–Trinajstić information content (AvgIpc) is 2.94. The summed E-state index contributed by atoms with van der Waals surface area (Å²) in [6.07, 6.45) is 5.32. The third kappa shape index (κ3) is 1.88. The maximum atomic E-state index is 4.52. The van der Waals surface area contributed by atoms with Crippen LogP contribution in [0, 0.1) is 6.92 Å². The van der Waals surface area contributed by atoms with Gasteiger partial charge in [-0.05, 0) is 6.92 Å². The maximum absolute atomic E-state index is 4.52. The van der Waals surface area contributed by atoms with Crippen LogP contribution < -0.4 is 4.57 Å². The van der Waals surface area contributed by atoms with Gasteiger partial charge in [0.1, 0.15) is 11.6 Å². The van der Waals surface area contributed by atoms with Crippen LogP contribution >= 0.6 is 11.3 Å². The molecular formula is C12H14N5S+. The van der Waals surface area contributed by atoms with Gasteiger partial charge in [-0.2, -0.15) is 9.61 Å². The number of nitrogens with zero attached hydrogens (tertiary/aromatic N) is 5. The van der Waals surface area contributed by atoms with Crippen LogP contribution in [0.25, 0.3) is 15.5 Å². The second-order valence-corrected chi connectivity index (χ2v) is 5.13. The number of hydrogen-bond donors (Lipinski definition) is 0. The number of fused-ring (bicyclic) bond motifs is 1. The molecule has 0 amide bonds. The molecule has 0 unspecified atom stereocenters. The second-order valence-electron chi connectivity index (χ2n) is 4.17. The van der Waals surface area contributed by atoms with Crippen molar-refractivity contribution in [1.29, 1.82) is 0 Å². The van der Waals surface area contributed by atoms with E-state index in [0.29, 0.717) is 0 Å². The summed E-state index contributed by atoms with van der Waals surface area (Å²) in [5.41, 5.74) is 1.12. The van der Waals surface area contributed by atoms with Crippen LogP contribution in [0.1, 0.15) is 19.2 Å². The number of aryl methyl sites for hydroxylation is 2. The molecule has 0 aromatic carbocycles. The molecule has 0 fully saturated rings. The summed E-state index contributed by atoms with van der Waals surface area (Å²) in [6, 6.07) is 4.19. The minimum atomic E-state index is 0.824. The average molecular weight is 260 g/mol. The maximum Gasteiger partial charge on any atom is 0.234 e. The number of hydrogen-bond acceptors (Lipinski definition) is 4. The molecule has 0 saturated heterocycles. The molecule has 3 aromatic heterocycles. The molecule has 3 rings (SSSR count). The Balaban J connectivity index is 1.97. The first kappa shape index (κ1) is 11.3. The summed E-state index contributed by atoms with van der Waals surface area (Å²) in [4.78, 5) is 0.841. The molecule has 0 radical (unpaired) electrons. The van der Waals surface area contributed by atoms with Crippen molar-refractivity contribution in [2.75, 3.05) is 0 Å². The van der Waals surface area contributed by atoms with E-state index in [1.165, 1.54) is 0 Å². The summed E-state index contributed by atoms with van der Waals surface area (Å²) in [6.45, 7) is 5.13. The van der Waals surface area contributed by atoms with Gasteiger partial charge in [0.25, 0.3) is 0 Å². The van der Waals surface area contributed by atoms with Crippen LogP contribution in [0.15, 0.2) is 24.5 Å². The van der Waals surface area contributed by atoms with E-state index in [0.717, 1.165) is 34.3 Å². The molecule has 5 nitrogen and oxygen atoms in total. The minimum Gasteiger partial charge on any atom is -0.205 e. The first-order valence-corrected chi connectivity index (χ1v) is 6.78. The van der Waals surface area contributed by atoms with Crippen LogP contribution in [0.3, 0.4) is 0 Å². The lowest BCUT2D eigenvalue weighted by Crippen LogP contribution is -2.31. The molecule has 0 aliphatic rings. The highest BCUT2D eigenvalue weighted by atomic mass is 32.1. The Morgan fingerprint density at radius 2 is 2.06 bits per heavy atom. The molecule has 6 heteroatoms. The molecule has 0 saturated carbocycles. The van der Waals surface area contributed by atoms with E-state index in [-0.39, 0.29) is 0 Å². The van der Waals surface area contributed by atoms with E-state index in [9.17, 15) is 0 Å². The lowest BCUT2D eigenvalue weighted by Gasteiger charge is -1.95. The molecule has 3 aromatic rings. The number of rotatable bonds is 3. The molecule has 0 aliphatic carbocycles. The normalized spacial score (nSPS) is 11.2. The van der Waals surface area contributed by atoms with Gasteiger partial charge in [-0.15, -0.1) is 10.2 Å². The van der Waals surface area contributed by atoms with E-state index < -0.39 is 0 Å². The van der Waals surface area contributed by atoms with Crippen molar-refractivity contribution in [1.82, 2.24) is 19.8 Å². The number of pyridine rings is 1. The van der Waals surface area contributed by atoms with Gasteiger partial charge in [-0.3, -0.25) is 0 Å². The van der Waals surface area contributed by atoms with E-state index in [1.54, 1.807) is 15.9 Å². The Labute approximate surface area is 109 Å². The smallest absolute Gasteiger partial charge is 0.205 e. The molecular weight excluding hydrogens is 246 g/mol. The zero-order valence-corrected chi connectivity index (χ0v) is 11.2. The molecule has 0 N–H and O–H groups in total. The monoisotopic (exact) mass is 260 g/mol. The molecule has 0 bridgehead atoms. The van der Waals surface area contributed by atoms with Gasteiger partial charge < -0.3 is 0 Å². The standard InChI is InChI=1S/C12H14N5S/c1-3-6-16-7-4-10(5-8-16)11-15-17-9(2)13-14-12(17)18-11/h4-5,7-8H,3,6H2,1-2H3/q+1. The van der Waals surface area contributed by atoms with Gasteiger partial charge in [0.05, 0.1) is 0 Å². The molecule has 18 heavy (non-hydrogen) atoms. The Hall–Kier alpha value is -1.82. The lowest BCUT2D eigenvalue weighted by molar-refractivity contribution is -0.696. The summed E-state index contributed by atoms with van der Waals surface area (Å²) >= 11 is 1.56. The summed E-state index contributed by atoms with van der Waals surface area (Å²) in [5.74, 6) is 0.824. The Morgan fingerprint density at radius 1 is 1.28 bits per heavy atom. The fourth-order valence-electron chi connectivity index (χ4n) is 1.84. The van der Waals surface area contributed by atoms with Crippen LogP contribution in [0.4, 0.5) is 0 Å². The van der Waals surface area contributed by atoms with Crippen LogP contribution in [0.5, 0.6) is 0 Å².